The highest BCUT2D eigenvalue weighted by Gasteiger charge is 2.19. The molecule has 20 heavy (non-hydrogen) atoms. The second-order valence-corrected chi connectivity index (χ2v) is 5.73. The van der Waals surface area contributed by atoms with Crippen LogP contribution >= 0.6 is 31.9 Å². The van der Waals surface area contributed by atoms with Crippen LogP contribution in [0, 0.1) is 10.1 Å². The molecule has 2 aromatic rings. The monoisotopic (exact) mass is 399 g/mol. The van der Waals surface area contributed by atoms with E-state index in [9.17, 15) is 10.1 Å². The Balaban J connectivity index is 2.48. The lowest BCUT2D eigenvalue weighted by Crippen LogP contribution is -2.01. The fraction of sp³-hybridized carbons (Fsp3) is 0.0769. The summed E-state index contributed by atoms with van der Waals surface area (Å²) >= 11 is 6.79. The molecule has 0 atom stereocenters. The van der Waals surface area contributed by atoms with Crippen LogP contribution in [0.3, 0.4) is 0 Å². The molecule has 0 saturated carbocycles. The first-order valence-corrected chi connectivity index (χ1v) is 7.28. The van der Waals surface area contributed by atoms with E-state index in [1.807, 2.05) is 18.2 Å². The maximum absolute atomic E-state index is 11.2. The molecule has 2 N–H and O–H groups in total. The Morgan fingerprint density at radius 2 is 1.80 bits per heavy atom. The molecule has 0 unspecified atom stereocenters. The van der Waals surface area contributed by atoms with Crippen molar-refractivity contribution in [1.29, 1.82) is 0 Å². The van der Waals surface area contributed by atoms with Gasteiger partial charge in [-0.1, -0.05) is 22.0 Å². The van der Waals surface area contributed by atoms with Crippen LogP contribution in [0.25, 0.3) is 0 Å². The molecule has 2 aromatic carbocycles. The van der Waals surface area contributed by atoms with Crippen LogP contribution in [0.1, 0.15) is 0 Å². The molecule has 0 spiro atoms. The second kappa shape index (κ2) is 6.23. The number of benzene rings is 2. The van der Waals surface area contributed by atoms with Gasteiger partial charge < -0.3 is 10.6 Å². The average molecular weight is 401 g/mol. The van der Waals surface area contributed by atoms with E-state index in [1.165, 1.54) is 0 Å². The minimum Gasteiger partial charge on any atom is -0.382 e. The van der Waals surface area contributed by atoms with E-state index in [0.29, 0.717) is 11.4 Å². The van der Waals surface area contributed by atoms with E-state index in [-0.39, 0.29) is 5.69 Å². The number of nitrogens with one attached hydrogen (secondary N) is 2. The summed E-state index contributed by atoms with van der Waals surface area (Å²) in [4.78, 5) is 10.8. The molecule has 2 rings (SSSR count). The molecule has 0 aliphatic rings. The molecule has 0 aliphatic heterocycles. The molecular formula is C13H11Br2N3O2. The summed E-state index contributed by atoms with van der Waals surface area (Å²) in [5.41, 5.74) is 1.66. The molecule has 104 valence electrons. The second-order valence-electron chi connectivity index (χ2n) is 3.96. The number of hydrogen-bond donors (Lipinski definition) is 2. The first-order chi connectivity index (χ1) is 9.52. The minimum absolute atomic E-state index is 0.0156. The standard InChI is InChI=1S/C13H11Br2N3O2/c1-16-10-3-2-4-11(13(10)18(19)20)17-12-7-8(14)5-6-9(12)15/h2-7,16-17H,1H3. The van der Waals surface area contributed by atoms with Gasteiger partial charge in [-0.2, -0.15) is 0 Å². The third-order valence-electron chi connectivity index (χ3n) is 2.69. The number of halogens is 2. The molecule has 0 saturated heterocycles. The average Bonchev–Trinajstić information content (AvgIpc) is 2.42. The van der Waals surface area contributed by atoms with Gasteiger partial charge in [0.25, 0.3) is 0 Å². The van der Waals surface area contributed by atoms with Gasteiger partial charge in [-0.3, -0.25) is 10.1 Å². The van der Waals surface area contributed by atoms with Gasteiger partial charge in [-0.15, -0.1) is 0 Å². The predicted octanol–water partition coefficient (Wildman–Crippen LogP) is 4.91. The molecule has 0 radical (unpaired) electrons. The van der Waals surface area contributed by atoms with Crippen molar-refractivity contribution < 1.29 is 4.92 Å². The maximum Gasteiger partial charge on any atom is 0.315 e. The van der Waals surface area contributed by atoms with Crippen molar-refractivity contribution >= 4 is 54.6 Å². The van der Waals surface area contributed by atoms with Gasteiger partial charge in [0.15, 0.2) is 0 Å². The van der Waals surface area contributed by atoms with Gasteiger partial charge in [0.1, 0.15) is 11.4 Å². The quantitative estimate of drug-likeness (QED) is 0.565. The molecule has 0 heterocycles. The number of anilines is 3. The Bertz CT molecular complexity index is 662. The lowest BCUT2D eigenvalue weighted by atomic mass is 10.2. The molecule has 0 amide bonds. The normalized spacial score (nSPS) is 10.2. The molecule has 5 nitrogen and oxygen atoms in total. The predicted molar refractivity (Wildman–Crippen MR) is 87.8 cm³/mol. The highest BCUT2D eigenvalue weighted by atomic mass is 79.9. The van der Waals surface area contributed by atoms with Gasteiger partial charge in [0.05, 0.1) is 10.6 Å². The van der Waals surface area contributed by atoms with Crippen molar-refractivity contribution in [2.45, 2.75) is 0 Å². The van der Waals surface area contributed by atoms with Crippen molar-refractivity contribution in [1.82, 2.24) is 0 Å². The lowest BCUT2D eigenvalue weighted by molar-refractivity contribution is -0.383. The fourth-order valence-corrected chi connectivity index (χ4v) is 2.49. The van der Waals surface area contributed by atoms with Crippen molar-refractivity contribution in [2.75, 3.05) is 17.7 Å². The number of para-hydroxylation sites is 1. The van der Waals surface area contributed by atoms with E-state index in [0.717, 1.165) is 14.6 Å². The first-order valence-electron chi connectivity index (χ1n) is 5.70. The summed E-state index contributed by atoms with van der Waals surface area (Å²) < 4.78 is 1.71. The van der Waals surface area contributed by atoms with E-state index < -0.39 is 4.92 Å². The largest absolute Gasteiger partial charge is 0.382 e. The zero-order chi connectivity index (χ0) is 14.7. The molecule has 7 heteroatoms. The minimum atomic E-state index is -0.403. The van der Waals surface area contributed by atoms with Crippen LogP contribution in [0.15, 0.2) is 45.3 Å². The topological polar surface area (TPSA) is 67.2 Å². The highest BCUT2D eigenvalue weighted by Crippen LogP contribution is 2.36. The Kier molecular flexibility index (Phi) is 4.61. The van der Waals surface area contributed by atoms with Crippen molar-refractivity contribution in [2.24, 2.45) is 0 Å². The van der Waals surface area contributed by atoms with Crippen LogP contribution in [0.5, 0.6) is 0 Å². The smallest absolute Gasteiger partial charge is 0.315 e. The fourth-order valence-electron chi connectivity index (χ4n) is 1.78. The van der Waals surface area contributed by atoms with Crippen LogP contribution in [0.2, 0.25) is 0 Å². The Hall–Kier alpha value is -1.60. The molecule has 0 fully saturated rings. The van der Waals surface area contributed by atoms with Crippen molar-refractivity contribution in [3.05, 3.63) is 55.5 Å². The first kappa shape index (κ1) is 14.8. The number of nitrogens with zero attached hydrogens (tertiary/aromatic N) is 1. The van der Waals surface area contributed by atoms with Gasteiger partial charge in [-0.05, 0) is 46.3 Å². The Morgan fingerprint density at radius 1 is 1.10 bits per heavy atom. The van der Waals surface area contributed by atoms with Crippen molar-refractivity contribution in [3.63, 3.8) is 0 Å². The number of nitro groups is 1. The SMILES string of the molecule is CNc1cccc(Nc2cc(Br)ccc2Br)c1[N+](=O)[O-]. The van der Waals surface area contributed by atoms with Crippen LogP contribution in [-0.2, 0) is 0 Å². The molecular weight excluding hydrogens is 390 g/mol. The van der Waals surface area contributed by atoms with Gasteiger partial charge >= 0.3 is 5.69 Å². The number of hydrogen-bond acceptors (Lipinski definition) is 4. The third-order valence-corrected chi connectivity index (χ3v) is 3.87. The third kappa shape index (κ3) is 3.10. The van der Waals surface area contributed by atoms with Gasteiger partial charge in [0.2, 0.25) is 0 Å². The van der Waals surface area contributed by atoms with Crippen LogP contribution in [-0.4, -0.2) is 12.0 Å². The summed E-state index contributed by atoms with van der Waals surface area (Å²) in [6.45, 7) is 0. The summed E-state index contributed by atoms with van der Waals surface area (Å²) in [7, 11) is 1.65. The van der Waals surface area contributed by atoms with Crippen LogP contribution in [0.4, 0.5) is 22.7 Å². The van der Waals surface area contributed by atoms with Crippen LogP contribution < -0.4 is 10.6 Å². The van der Waals surface area contributed by atoms with E-state index in [4.69, 9.17) is 0 Å². The summed E-state index contributed by atoms with van der Waals surface area (Å²) in [6.07, 6.45) is 0. The van der Waals surface area contributed by atoms with E-state index in [1.54, 1.807) is 25.2 Å². The van der Waals surface area contributed by atoms with Crippen molar-refractivity contribution in [3.8, 4) is 0 Å². The molecule has 0 aromatic heterocycles. The Labute approximate surface area is 132 Å². The molecule has 0 aliphatic carbocycles. The number of nitro benzene ring substituents is 1. The summed E-state index contributed by atoms with van der Waals surface area (Å²) in [5, 5.41) is 17.2. The lowest BCUT2D eigenvalue weighted by Gasteiger charge is -2.11. The maximum atomic E-state index is 11.2. The Morgan fingerprint density at radius 3 is 2.45 bits per heavy atom. The highest BCUT2D eigenvalue weighted by molar-refractivity contribution is 9.11. The van der Waals surface area contributed by atoms with Gasteiger partial charge in [-0.25, -0.2) is 0 Å². The zero-order valence-corrected chi connectivity index (χ0v) is 13.7. The summed E-state index contributed by atoms with van der Waals surface area (Å²) in [6, 6.07) is 10.7. The van der Waals surface area contributed by atoms with Gasteiger partial charge in [0, 0.05) is 16.0 Å². The van der Waals surface area contributed by atoms with E-state index in [2.05, 4.69) is 42.5 Å². The number of rotatable bonds is 4. The summed E-state index contributed by atoms with van der Waals surface area (Å²) in [5.74, 6) is 0. The van der Waals surface area contributed by atoms with E-state index >= 15 is 0 Å². The molecule has 0 bridgehead atoms. The zero-order valence-electron chi connectivity index (χ0n) is 10.5.